The fourth-order valence-corrected chi connectivity index (χ4v) is 3.66. The van der Waals surface area contributed by atoms with E-state index in [1.165, 1.54) is 0 Å². The molecule has 3 N–H and O–H groups in total. The van der Waals surface area contributed by atoms with E-state index in [2.05, 4.69) is 5.32 Å². The molecule has 1 aromatic carbocycles. The molecular formula is C24H32N4O5. The van der Waals surface area contributed by atoms with Crippen LogP contribution in [0.2, 0.25) is 0 Å². The van der Waals surface area contributed by atoms with Crippen molar-refractivity contribution in [2.75, 3.05) is 25.0 Å². The lowest BCUT2D eigenvalue weighted by molar-refractivity contribution is -0.118. The van der Waals surface area contributed by atoms with E-state index in [1.807, 2.05) is 37.6 Å². The largest absolute Gasteiger partial charge is 0.493 e. The summed E-state index contributed by atoms with van der Waals surface area (Å²) in [6, 6.07) is 10.7. The molecule has 9 nitrogen and oxygen atoms in total. The lowest BCUT2D eigenvalue weighted by atomic mass is 10.0. The molecule has 0 aliphatic carbocycles. The third kappa shape index (κ3) is 7.00. The third-order valence-corrected chi connectivity index (χ3v) is 5.25. The van der Waals surface area contributed by atoms with E-state index in [0.717, 1.165) is 12.8 Å². The van der Waals surface area contributed by atoms with Gasteiger partial charge in [0.05, 0.1) is 13.0 Å². The van der Waals surface area contributed by atoms with Crippen LogP contribution in [0.25, 0.3) is 0 Å². The molecule has 0 unspecified atom stereocenters. The minimum atomic E-state index is -0.520. The summed E-state index contributed by atoms with van der Waals surface area (Å²) in [6.45, 7) is 6.93. The molecule has 0 spiro atoms. The number of nitrogens with two attached hydrogens (primary N) is 1. The molecule has 3 rings (SSSR count). The minimum absolute atomic E-state index is 0.125. The Labute approximate surface area is 193 Å². The Hall–Kier alpha value is -3.49. The summed E-state index contributed by atoms with van der Waals surface area (Å²) in [5.74, 6) is -0.0382. The van der Waals surface area contributed by atoms with E-state index in [1.54, 1.807) is 35.2 Å². The van der Waals surface area contributed by atoms with Gasteiger partial charge in [-0.15, -0.1) is 0 Å². The molecule has 2 aromatic rings. The molecule has 1 aromatic heterocycles. The first-order chi connectivity index (χ1) is 15.6. The molecule has 2 heterocycles. The average Bonchev–Trinajstić information content (AvgIpc) is 3.24. The van der Waals surface area contributed by atoms with Crippen LogP contribution in [0.5, 0.6) is 5.75 Å². The van der Waals surface area contributed by atoms with Crippen molar-refractivity contribution >= 4 is 23.6 Å². The molecule has 33 heavy (non-hydrogen) atoms. The Morgan fingerprint density at radius 3 is 2.36 bits per heavy atom. The molecule has 9 heteroatoms. The van der Waals surface area contributed by atoms with Gasteiger partial charge in [0.2, 0.25) is 5.91 Å². The van der Waals surface area contributed by atoms with Gasteiger partial charge in [0, 0.05) is 31.0 Å². The number of ether oxygens (including phenoxy) is 2. The van der Waals surface area contributed by atoms with E-state index < -0.39 is 11.5 Å². The highest BCUT2D eigenvalue weighted by atomic mass is 16.6. The van der Waals surface area contributed by atoms with Crippen molar-refractivity contribution in [2.24, 2.45) is 5.73 Å². The first-order valence-corrected chi connectivity index (χ1v) is 11.1. The van der Waals surface area contributed by atoms with Crippen LogP contribution in [0.15, 0.2) is 42.6 Å². The number of nitrogens with zero attached hydrogens (tertiary/aromatic N) is 2. The Balaban J connectivity index is 1.55. The number of hydrogen-bond donors (Lipinski definition) is 2. The number of nitrogens with one attached hydrogen (secondary N) is 1. The summed E-state index contributed by atoms with van der Waals surface area (Å²) in [5, 5.41) is 2.90. The Kier molecular flexibility index (Phi) is 7.63. The maximum atomic E-state index is 12.9. The maximum Gasteiger partial charge on any atom is 0.410 e. The number of carbonyl (C=O) groups is 3. The van der Waals surface area contributed by atoms with Crippen molar-refractivity contribution in [3.8, 4) is 5.75 Å². The standard InChI is InChI=1S/C24H32N4O5/c1-24(2,3)33-23(31)27-14-10-18(11-15-27)28-13-4-5-20(28)22(30)26-17-6-8-19(9-7-17)32-16-12-21(25)29/h4-9,13,18H,10-12,14-16H2,1-3H3,(H2,25,29)(H,26,30). The maximum absolute atomic E-state index is 12.9. The molecule has 0 atom stereocenters. The van der Waals surface area contributed by atoms with Gasteiger partial charge < -0.3 is 30.0 Å². The third-order valence-electron chi connectivity index (χ3n) is 5.25. The predicted molar refractivity (Wildman–Crippen MR) is 124 cm³/mol. The lowest BCUT2D eigenvalue weighted by Crippen LogP contribution is -2.42. The van der Waals surface area contributed by atoms with E-state index in [0.29, 0.717) is 30.2 Å². The summed E-state index contributed by atoms with van der Waals surface area (Å²) < 4.78 is 12.9. The lowest BCUT2D eigenvalue weighted by Gasteiger charge is -2.34. The number of likely N-dealkylation sites (tertiary alicyclic amines) is 1. The number of primary amides is 1. The van der Waals surface area contributed by atoms with E-state index >= 15 is 0 Å². The molecule has 0 radical (unpaired) electrons. The summed E-state index contributed by atoms with van der Waals surface area (Å²) in [7, 11) is 0. The normalized spacial score (nSPS) is 14.6. The Bertz CT molecular complexity index is 969. The van der Waals surface area contributed by atoms with Crippen LogP contribution < -0.4 is 15.8 Å². The van der Waals surface area contributed by atoms with Crippen LogP contribution in [0, 0.1) is 0 Å². The van der Waals surface area contributed by atoms with Gasteiger partial charge in [-0.2, -0.15) is 0 Å². The molecule has 0 saturated carbocycles. The molecule has 178 valence electrons. The molecule has 1 saturated heterocycles. The van der Waals surface area contributed by atoms with Crippen LogP contribution in [0.3, 0.4) is 0 Å². The number of anilines is 1. The second-order valence-electron chi connectivity index (χ2n) is 9.04. The zero-order valence-electron chi connectivity index (χ0n) is 19.4. The van der Waals surface area contributed by atoms with Gasteiger partial charge in [-0.1, -0.05) is 0 Å². The second kappa shape index (κ2) is 10.4. The Morgan fingerprint density at radius 2 is 1.76 bits per heavy atom. The number of aromatic nitrogens is 1. The van der Waals surface area contributed by atoms with Gasteiger partial charge in [-0.25, -0.2) is 4.79 Å². The summed E-state index contributed by atoms with van der Waals surface area (Å²) in [5.41, 5.74) is 5.77. The highest BCUT2D eigenvalue weighted by Gasteiger charge is 2.28. The zero-order chi connectivity index (χ0) is 24.0. The summed E-state index contributed by atoms with van der Waals surface area (Å²) >= 11 is 0. The van der Waals surface area contributed by atoms with Crippen molar-refractivity contribution in [1.82, 2.24) is 9.47 Å². The average molecular weight is 457 g/mol. The first kappa shape index (κ1) is 24.2. The fourth-order valence-electron chi connectivity index (χ4n) is 3.66. The van der Waals surface area contributed by atoms with Crippen molar-refractivity contribution in [3.63, 3.8) is 0 Å². The molecular weight excluding hydrogens is 424 g/mol. The van der Waals surface area contributed by atoms with Gasteiger partial charge in [0.25, 0.3) is 5.91 Å². The van der Waals surface area contributed by atoms with E-state index in [9.17, 15) is 14.4 Å². The molecule has 1 aliphatic heterocycles. The number of carbonyl (C=O) groups excluding carboxylic acids is 3. The Morgan fingerprint density at radius 1 is 1.09 bits per heavy atom. The number of rotatable bonds is 7. The minimum Gasteiger partial charge on any atom is -0.493 e. The number of hydrogen-bond acceptors (Lipinski definition) is 5. The second-order valence-corrected chi connectivity index (χ2v) is 9.04. The monoisotopic (exact) mass is 456 g/mol. The highest BCUT2D eigenvalue weighted by molar-refractivity contribution is 6.03. The number of amides is 3. The predicted octanol–water partition coefficient (Wildman–Crippen LogP) is 3.57. The van der Waals surface area contributed by atoms with Gasteiger partial charge in [0.1, 0.15) is 17.0 Å². The SMILES string of the molecule is CC(C)(C)OC(=O)N1CCC(n2cccc2C(=O)Nc2ccc(OCCC(N)=O)cc2)CC1. The van der Waals surface area contributed by atoms with Crippen molar-refractivity contribution < 1.29 is 23.9 Å². The molecule has 0 bridgehead atoms. The smallest absolute Gasteiger partial charge is 0.410 e. The van der Waals surface area contributed by atoms with Gasteiger partial charge >= 0.3 is 6.09 Å². The van der Waals surface area contributed by atoms with Crippen molar-refractivity contribution in [1.29, 1.82) is 0 Å². The van der Waals surface area contributed by atoms with Gasteiger partial charge in [-0.3, -0.25) is 9.59 Å². The molecule has 1 fully saturated rings. The fraction of sp³-hybridized carbons (Fsp3) is 0.458. The highest BCUT2D eigenvalue weighted by Crippen LogP contribution is 2.26. The molecule has 3 amide bonds. The number of benzene rings is 1. The number of piperidine rings is 1. The van der Waals surface area contributed by atoms with E-state index in [-0.39, 0.29) is 31.1 Å². The van der Waals surface area contributed by atoms with Crippen LogP contribution >= 0.6 is 0 Å². The first-order valence-electron chi connectivity index (χ1n) is 11.1. The topological polar surface area (TPSA) is 116 Å². The van der Waals surface area contributed by atoms with Crippen LogP contribution in [-0.4, -0.2) is 52.7 Å². The van der Waals surface area contributed by atoms with Gasteiger partial charge in [0.15, 0.2) is 0 Å². The van der Waals surface area contributed by atoms with Crippen LogP contribution in [0.1, 0.15) is 56.6 Å². The quantitative estimate of drug-likeness (QED) is 0.661. The summed E-state index contributed by atoms with van der Waals surface area (Å²) in [6.07, 6.45) is 3.23. The van der Waals surface area contributed by atoms with Crippen molar-refractivity contribution in [3.05, 3.63) is 48.3 Å². The summed E-state index contributed by atoms with van der Waals surface area (Å²) in [4.78, 5) is 37.7. The molecule has 1 aliphatic rings. The van der Waals surface area contributed by atoms with E-state index in [4.69, 9.17) is 15.2 Å². The van der Waals surface area contributed by atoms with Crippen LogP contribution in [0.4, 0.5) is 10.5 Å². The van der Waals surface area contributed by atoms with Gasteiger partial charge in [-0.05, 0) is 70.0 Å². The zero-order valence-corrected chi connectivity index (χ0v) is 19.4. The van der Waals surface area contributed by atoms with Crippen LogP contribution in [-0.2, 0) is 9.53 Å². The van der Waals surface area contributed by atoms with Crippen molar-refractivity contribution in [2.45, 2.75) is 51.7 Å².